The molecule has 2 N–H and O–H groups in total. The summed E-state index contributed by atoms with van der Waals surface area (Å²) in [7, 11) is 3.27. The van der Waals surface area contributed by atoms with Crippen molar-refractivity contribution in [2.75, 3.05) is 27.3 Å². The van der Waals surface area contributed by atoms with Gasteiger partial charge in [-0.15, -0.1) is 0 Å². The van der Waals surface area contributed by atoms with E-state index in [1.54, 1.807) is 26.4 Å². The van der Waals surface area contributed by atoms with Crippen LogP contribution >= 0.6 is 0 Å². The lowest BCUT2D eigenvalue weighted by molar-refractivity contribution is -0.945. The SMILES string of the molecule is COc1cc2c(cc1OC)[C@@H](CNC(=O)CC(C)C)[NH+](Cc1cccc(F)c1)CC2. The number of quaternary nitrogens is 1. The maximum atomic E-state index is 13.7. The van der Waals surface area contributed by atoms with Gasteiger partial charge in [-0.3, -0.25) is 4.79 Å². The van der Waals surface area contributed by atoms with E-state index in [1.165, 1.54) is 16.5 Å². The van der Waals surface area contributed by atoms with E-state index in [4.69, 9.17) is 9.47 Å². The fourth-order valence-corrected chi connectivity index (χ4v) is 4.20. The number of carbonyl (C=O) groups is 1. The third-order valence-corrected chi connectivity index (χ3v) is 5.65. The minimum Gasteiger partial charge on any atom is -0.493 e. The second-order valence-corrected chi connectivity index (χ2v) is 8.33. The molecule has 0 saturated carbocycles. The lowest BCUT2D eigenvalue weighted by atomic mass is 9.91. The van der Waals surface area contributed by atoms with E-state index in [0.717, 1.165) is 24.1 Å². The molecule has 1 aliphatic heterocycles. The van der Waals surface area contributed by atoms with Crippen molar-refractivity contribution in [1.82, 2.24) is 5.32 Å². The first-order valence-corrected chi connectivity index (χ1v) is 10.5. The Morgan fingerprint density at radius 1 is 1.20 bits per heavy atom. The average molecular weight is 416 g/mol. The smallest absolute Gasteiger partial charge is 0.220 e. The Morgan fingerprint density at radius 2 is 1.93 bits per heavy atom. The summed E-state index contributed by atoms with van der Waals surface area (Å²) in [5, 5.41) is 3.11. The van der Waals surface area contributed by atoms with Gasteiger partial charge in [-0.25, -0.2) is 4.39 Å². The van der Waals surface area contributed by atoms with E-state index in [1.807, 2.05) is 32.0 Å². The van der Waals surface area contributed by atoms with Crippen molar-refractivity contribution in [3.8, 4) is 11.5 Å². The summed E-state index contributed by atoms with van der Waals surface area (Å²) in [6.07, 6.45) is 1.39. The van der Waals surface area contributed by atoms with E-state index in [9.17, 15) is 9.18 Å². The summed E-state index contributed by atoms with van der Waals surface area (Å²) < 4.78 is 24.7. The zero-order valence-corrected chi connectivity index (χ0v) is 18.3. The highest BCUT2D eigenvalue weighted by Gasteiger charge is 2.33. The summed E-state index contributed by atoms with van der Waals surface area (Å²) in [5.41, 5.74) is 3.31. The number of halogens is 1. The lowest BCUT2D eigenvalue weighted by Crippen LogP contribution is -3.12. The Hall–Kier alpha value is -2.60. The van der Waals surface area contributed by atoms with Gasteiger partial charge in [0.25, 0.3) is 0 Å². The van der Waals surface area contributed by atoms with Crippen LogP contribution in [0, 0.1) is 11.7 Å². The van der Waals surface area contributed by atoms with Crippen molar-refractivity contribution >= 4 is 5.91 Å². The highest BCUT2D eigenvalue weighted by Crippen LogP contribution is 2.34. The number of ether oxygens (including phenoxy) is 2. The van der Waals surface area contributed by atoms with Gasteiger partial charge in [-0.2, -0.15) is 0 Å². The van der Waals surface area contributed by atoms with E-state index in [2.05, 4.69) is 5.32 Å². The number of fused-ring (bicyclic) bond motifs is 1. The summed E-state index contributed by atoms with van der Waals surface area (Å²) in [6, 6.07) is 10.9. The number of carbonyl (C=O) groups excluding carboxylic acids is 1. The first-order chi connectivity index (χ1) is 14.4. The first kappa shape index (κ1) is 22.1. The van der Waals surface area contributed by atoms with Crippen molar-refractivity contribution in [3.05, 3.63) is 58.9 Å². The Balaban J connectivity index is 1.89. The maximum Gasteiger partial charge on any atom is 0.220 e. The zero-order chi connectivity index (χ0) is 21.7. The van der Waals surface area contributed by atoms with Crippen molar-refractivity contribution in [2.45, 2.75) is 39.3 Å². The van der Waals surface area contributed by atoms with Crippen LogP contribution in [0.15, 0.2) is 36.4 Å². The summed E-state index contributed by atoms with van der Waals surface area (Å²) >= 11 is 0. The number of nitrogens with one attached hydrogen (secondary N) is 2. The van der Waals surface area contributed by atoms with E-state index < -0.39 is 0 Å². The van der Waals surface area contributed by atoms with Crippen molar-refractivity contribution < 1.29 is 23.6 Å². The molecule has 0 spiro atoms. The van der Waals surface area contributed by atoms with Gasteiger partial charge in [0.1, 0.15) is 18.4 Å². The molecule has 2 aromatic carbocycles. The molecule has 0 radical (unpaired) electrons. The molecule has 0 aromatic heterocycles. The second kappa shape index (κ2) is 9.94. The Labute approximate surface area is 178 Å². The molecule has 1 amide bonds. The maximum absolute atomic E-state index is 13.7. The Bertz CT molecular complexity index is 885. The van der Waals surface area contributed by atoms with Crippen LogP contribution in [0.2, 0.25) is 0 Å². The molecule has 1 aliphatic rings. The third-order valence-electron chi connectivity index (χ3n) is 5.65. The van der Waals surface area contributed by atoms with Crippen LogP contribution in [0.3, 0.4) is 0 Å². The van der Waals surface area contributed by atoms with Gasteiger partial charge >= 0.3 is 0 Å². The van der Waals surface area contributed by atoms with Gasteiger partial charge < -0.3 is 19.7 Å². The van der Waals surface area contributed by atoms with Gasteiger partial charge in [-0.05, 0) is 35.7 Å². The molecule has 162 valence electrons. The molecule has 1 heterocycles. The monoisotopic (exact) mass is 415 g/mol. The van der Waals surface area contributed by atoms with Crippen molar-refractivity contribution in [2.24, 2.45) is 5.92 Å². The molecule has 2 atom stereocenters. The number of rotatable bonds is 8. The molecule has 0 aliphatic carbocycles. The quantitative estimate of drug-likeness (QED) is 0.697. The lowest BCUT2D eigenvalue weighted by Gasteiger charge is -2.35. The number of benzene rings is 2. The van der Waals surface area contributed by atoms with Gasteiger partial charge in [0.15, 0.2) is 11.5 Å². The number of hydrogen-bond acceptors (Lipinski definition) is 3. The highest BCUT2D eigenvalue weighted by molar-refractivity contribution is 5.76. The summed E-state index contributed by atoms with van der Waals surface area (Å²) in [5.74, 6) is 1.54. The van der Waals surface area contributed by atoms with Crippen LogP contribution in [0.25, 0.3) is 0 Å². The molecule has 3 rings (SSSR count). The molecular formula is C24H32FN2O3+. The molecule has 2 aromatic rings. The number of hydrogen-bond donors (Lipinski definition) is 2. The summed E-state index contributed by atoms with van der Waals surface area (Å²) in [6.45, 7) is 6.18. The Kier molecular flexibility index (Phi) is 7.32. The minimum atomic E-state index is -0.225. The van der Waals surface area contributed by atoms with Crippen LogP contribution in [0.1, 0.15) is 43.0 Å². The standard InChI is InChI=1S/C24H31FN2O3/c1-16(2)10-24(28)26-14-21-20-13-23(30-4)22(29-3)12-18(20)8-9-27(21)15-17-6-5-7-19(25)11-17/h5-7,11-13,16,21H,8-10,14-15H2,1-4H3,(H,26,28)/p+1/t21-/m1/s1. The molecule has 0 saturated heterocycles. The van der Waals surface area contributed by atoms with Gasteiger partial charge in [-0.1, -0.05) is 26.0 Å². The molecule has 0 fully saturated rings. The second-order valence-electron chi connectivity index (χ2n) is 8.33. The van der Waals surface area contributed by atoms with Crippen LogP contribution in [-0.2, 0) is 17.8 Å². The third kappa shape index (κ3) is 5.30. The van der Waals surface area contributed by atoms with Gasteiger partial charge in [0.2, 0.25) is 5.91 Å². The van der Waals surface area contributed by atoms with E-state index in [-0.39, 0.29) is 17.8 Å². The largest absolute Gasteiger partial charge is 0.493 e. The van der Waals surface area contributed by atoms with Crippen LogP contribution in [0.5, 0.6) is 11.5 Å². The predicted molar refractivity (Wildman–Crippen MR) is 114 cm³/mol. The molecule has 1 unspecified atom stereocenters. The first-order valence-electron chi connectivity index (χ1n) is 10.5. The topological polar surface area (TPSA) is 52.0 Å². The molecule has 30 heavy (non-hydrogen) atoms. The van der Waals surface area contributed by atoms with E-state index in [0.29, 0.717) is 36.9 Å². The molecule has 6 heteroatoms. The van der Waals surface area contributed by atoms with Crippen LogP contribution < -0.4 is 19.7 Å². The van der Waals surface area contributed by atoms with Crippen molar-refractivity contribution in [3.63, 3.8) is 0 Å². The molecular weight excluding hydrogens is 383 g/mol. The van der Waals surface area contributed by atoms with Crippen LogP contribution in [-0.4, -0.2) is 33.2 Å². The van der Waals surface area contributed by atoms with Gasteiger partial charge in [0, 0.05) is 24.0 Å². The number of amides is 1. The fourth-order valence-electron chi connectivity index (χ4n) is 4.20. The number of methoxy groups -OCH3 is 2. The zero-order valence-electron chi connectivity index (χ0n) is 18.3. The summed E-state index contributed by atoms with van der Waals surface area (Å²) in [4.78, 5) is 13.6. The Morgan fingerprint density at radius 3 is 2.60 bits per heavy atom. The van der Waals surface area contributed by atoms with E-state index >= 15 is 0 Å². The molecule has 0 bridgehead atoms. The highest BCUT2D eigenvalue weighted by atomic mass is 19.1. The predicted octanol–water partition coefficient (Wildman–Crippen LogP) is 2.69. The average Bonchev–Trinajstić information content (AvgIpc) is 2.71. The van der Waals surface area contributed by atoms with Crippen molar-refractivity contribution in [1.29, 1.82) is 0 Å². The fraction of sp³-hybridized carbons (Fsp3) is 0.458. The minimum absolute atomic E-state index is 0.0490. The molecule has 5 nitrogen and oxygen atoms in total. The van der Waals surface area contributed by atoms with Crippen LogP contribution in [0.4, 0.5) is 4.39 Å². The normalized spacial score (nSPS) is 18.1. The van der Waals surface area contributed by atoms with Gasteiger partial charge in [0.05, 0.1) is 27.3 Å².